The van der Waals surface area contributed by atoms with Gasteiger partial charge in [0.25, 0.3) is 0 Å². The standard InChI is InChI=1S/C7H11NO2/c1-3-4-5-6(8-2)7(9)10/h4-5H,3H2,1-2H3,(H,9,10)/b5-4-,8-6?. The second-order valence-corrected chi connectivity index (χ2v) is 1.72. The van der Waals surface area contributed by atoms with Gasteiger partial charge in [0.15, 0.2) is 0 Å². The number of carbonyl (C=O) groups is 1. The fraction of sp³-hybridized carbons (Fsp3) is 0.429. The lowest BCUT2D eigenvalue weighted by atomic mass is 10.3. The average Bonchev–Trinajstić information content (AvgIpc) is 1.89. The van der Waals surface area contributed by atoms with Crippen molar-refractivity contribution in [3.05, 3.63) is 12.2 Å². The van der Waals surface area contributed by atoms with Gasteiger partial charge in [-0.3, -0.25) is 4.99 Å². The van der Waals surface area contributed by atoms with Crippen molar-refractivity contribution in [3.63, 3.8) is 0 Å². The van der Waals surface area contributed by atoms with Crippen molar-refractivity contribution in [2.24, 2.45) is 4.99 Å². The molecule has 0 saturated carbocycles. The van der Waals surface area contributed by atoms with E-state index in [0.29, 0.717) is 0 Å². The van der Waals surface area contributed by atoms with Gasteiger partial charge in [-0.05, 0) is 12.5 Å². The van der Waals surface area contributed by atoms with E-state index in [9.17, 15) is 4.79 Å². The Bertz CT molecular complexity index is 170. The highest BCUT2D eigenvalue weighted by Gasteiger charge is 2.00. The smallest absolute Gasteiger partial charge is 0.354 e. The number of rotatable bonds is 3. The van der Waals surface area contributed by atoms with Gasteiger partial charge in [-0.15, -0.1) is 0 Å². The van der Waals surface area contributed by atoms with Crippen LogP contribution in [0.15, 0.2) is 17.1 Å². The van der Waals surface area contributed by atoms with Crippen LogP contribution in [0.2, 0.25) is 0 Å². The lowest BCUT2D eigenvalue weighted by Gasteiger charge is -1.88. The van der Waals surface area contributed by atoms with Gasteiger partial charge in [0.1, 0.15) is 5.71 Å². The monoisotopic (exact) mass is 141 g/mol. The Morgan fingerprint density at radius 3 is 2.60 bits per heavy atom. The van der Waals surface area contributed by atoms with E-state index in [1.54, 1.807) is 6.08 Å². The molecule has 0 fully saturated rings. The molecule has 0 aliphatic carbocycles. The molecule has 0 atom stereocenters. The Morgan fingerprint density at radius 1 is 1.70 bits per heavy atom. The second kappa shape index (κ2) is 4.73. The van der Waals surface area contributed by atoms with E-state index in [4.69, 9.17) is 5.11 Å². The van der Waals surface area contributed by atoms with Gasteiger partial charge in [0, 0.05) is 7.05 Å². The Balaban J connectivity index is 4.12. The van der Waals surface area contributed by atoms with Gasteiger partial charge in [-0.1, -0.05) is 13.0 Å². The van der Waals surface area contributed by atoms with Crippen molar-refractivity contribution < 1.29 is 9.90 Å². The first-order chi connectivity index (χ1) is 4.72. The third-order valence-corrected chi connectivity index (χ3v) is 0.971. The molecule has 0 aromatic rings. The summed E-state index contributed by atoms with van der Waals surface area (Å²) in [6.07, 6.45) is 4.09. The van der Waals surface area contributed by atoms with Crippen molar-refractivity contribution in [1.29, 1.82) is 0 Å². The third kappa shape index (κ3) is 3.02. The number of hydrogen-bond acceptors (Lipinski definition) is 2. The van der Waals surface area contributed by atoms with E-state index < -0.39 is 5.97 Å². The Kier molecular flexibility index (Phi) is 4.20. The normalized spacial score (nSPS) is 12.4. The first-order valence-corrected chi connectivity index (χ1v) is 3.09. The molecule has 0 amide bonds. The molecule has 0 spiro atoms. The van der Waals surface area contributed by atoms with Crippen LogP contribution in [0, 0.1) is 0 Å². The molecular weight excluding hydrogens is 130 g/mol. The molecule has 10 heavy (non-hydrogen) atoms. The van der Waals surface area contributed by atoms with E-state index in [1.807, 2.05) is 6.92 Å². The summed E-state index contributed by atoms with van der Waals surface area (Å²) < 4.78 is 0. The zero-order valence-electron chi connectivity index (χ0n) is 6.16. The number of allylic oxidation sites excluding steroid dienone is 1. The van der Waals surface area contributed by atoms with Crippen molar-refractivity contribution >= 4 is 11.7 Å². The zero-order valence-corrected chi connectivity index (χ0v) is 6.16. The van der Waals surface area contributed by atoms with Gasteiger partial charge < -0.3 is 5.11 Å². The molecule has 0 rings (SSSR count). The second-order valence-electron chi connectivity index (χ2n) is 1.72. The number of carboxylic acid groups (broad SMARTS) is 1. The number of aliphatic imine (C=N–C) groups is 1. The highest BCUT2D eigenvalue weighted by Crippen LogP contribution is 1.84. The van der Waals surface area contributed by atoms with Crippen molar-refractivity contribution in [3.8, 4) is 0 Å². The quantitative estimate of drug-likeness (QED) is 0.598. The lowest BCUT2D eigenvalue weighted by Crippen LogP contribution is -2.09. The van der Waals surface area contributed by atoms with Crippen LogP contribution < -0.4 is 0 Å². The minimum atomic E-state index is -0.979. The van der Waals surface area contributed by atoms with Crippen LogP contribution in [0.3, 0.4) is 0 Å². The Morgan fingerprint density at radius 2 is 2.30 bits per heavy atom. The van der Waals surface area contributed by atoms with E-state index in [-0.39, 0.29) is 5.71 Å². The molecule has 0 bridgehead atoms. The van der Waals surface area contributed by atoms with Crippen LogP contribution in [-0.2, 0) is 4.79 Å². The third-order valence-electron chi connectivity index (χ3n) is 0.971. The van der Waals surface area contributed by atoms with Crippen LogP contribution in [0.5, 0.6) is 0 Å². The van der Waals surface area contributed by atoms with Crippen LogP contribution >= 0.6 is 0 Å². The molecule has 0 aliphatic rings. The van der Waals surface area contributed by atoms with Crippen molar-refractivity contribution in [1.82, 2.24) is 0 Å². The van der Waals surface area contributed by atoms with Crippen LogP contribution in [0.25, 0.3) is 0 Å². The SMILES string of the molecule is CC/C=C\C(=NC)C(=O)O. The van der Waals surface area contributed by atoms with E-state index in [0.717, 1.165) is 6.42 Å². The van der Waals surface area contributed by atoms with E-state index >= 15 is 0 Å². The molecule has 0 aromatic heterocycles. The fourth-order valence-electron chi connectivity index (χ4n) is 0.471. The minimum Gasteiger partial charge on any atom is -0.477 e. The summed E-state index contributed by atoms with van der Waals surface area (Å²) in [6, 6.07) is 0. The molecule has 0 aromatic carbocycles. The summed E-state index contributed by atoms with van der Waals surface area (Å²) in [4.78, 5) is 13.8. The molecule has 3 heteroatoms. The Hall–Kier alpha value is -1.12. The fourth-order valence-corrected chi connectivity index (χ4v) is 0.471. The summed E-state index contributed by atoms with van der Waals surface area (Å²) >= 11 is 0. The maximum absolute atomic E-state index is 10.3. The highest BCUT2D eigenvalue weighted by atomic mass is 16.4. The number of hydrogen-bond donors (Lipinski definition) is 1. The predicted octanol–water partition coefficient (Wildman–Crippen LogP) is 1.11. The Labute approximate surface area is 60.1 Å². The maximum Gasteiger partial charge on any atom is 0.354 e. The summed E-state index contributed by atoms with van der Waals surface area (Å²) in [6.45, 7) is 1.94. The molecule has 0 unspecified atom stereocenters. The first-order valence-electron chi connectivity index (χ1n) is 3.09. The average molecular weight is 141 g/mol. The number of carboxylic acids is 1. The zero-order chi connectivity index (χ0) is 7.98. The molecule has 0 radical (unpaired) electrons. The molecule has 3 nitrogen and oxygen atoms in total. The molecule has 0 heterocycles. The number of aliphatic carboxylic acids is 1. The lowest BCUT2D eigenvalue weighted by molar-refractivity contribution is -0.129. The minimum absolute atomic E-state index is 0.0989. The van der Waals surface area contributed by atoms with Gasteiger partial charge >= 0.3 is 5.97 Å². The largest absolute Gasteiger partial charge is 0.477 e. The summed E-state index contributed by atoms with van der Waals surface area (Å²) in [5, 5.41) is 8.42. The summed E-state index contributed by atoms with van der Waals surface area (Å²) in [5.74, 6) is -0.979. The topological polar surface area (TPSA) is 49.7 Å². The predicted molar refractivity (Wildman–Crippen MR) is 40.4 cm³/mol. The van der Waals surface area contributed by atoms with Crippen LogP contribution in [0.1, 0.15) is 13.3 Å². The van der Waals surface area contributed by atoms with Crippen molar-refractivity contribution in [2.45, 2.75) is 13.3 Å². The molecule has 1 N–H and O–H groups in total. The van der Waals surface area contributed by atoms with E-state index in [1.165, 1.54) is 13.1 Å². The number of nitrogens with zero attached hydrogens (tertiary/aromatic N) is 1. The maximum atomic E-state index is 10.3. The highest BCUT2D eigenvalue weighted by molar-refractivity contribution is 6.40. The van der Waals surface area contributed by atoms with Gasteiger partial charge in [0.05, 0.1) is 0 Å². The van der Waals surface area contributed by atoms with E-state index in [2.05, 4.69) is 4.99 Å². The van der Waals surface area contributed by atoms with Gasteiger partial charge in [0.2, 0.25) is 0 Å². The molecule has 56 valence electrons. The summed E-state index contributed by atoms with van der Waals surface area (Å²) in [5.41, 5.74) is 0.0989. The van der Waals surface area contributed by atoms with Crippen LogP contribution in [-0.4, -0.2) is 23.8 Å². The molecule has 0 aliphatic heterocycles. The summed E-state index contributed by atoms with van der Waals surface area (Å²) in [7, 11) is 1.46. The van der Waals surface area contributed by atoms with Crippen molar-refractivity contribution in [2.75, 3.05) is 7.05 Å². The molecule has 0 saturated heterocycles. The van der Waals surface area contributed by atoms with Gasteiger partial charge in [-0.25, -0.2) is 4.79 Å². The molecular formula is C7H11NO2. The van der Waals surface area contributed by atoms with Crippen LogP contribution in [0.4, 0.5) is 0 Å². The first kappa shape index (κ1) is 8.88. The van der Waals surface area contributed by atoms with Gasteiger partial charge in [-0.2, -0.15) is 0 Å².